The Morgan fingerprint density at radius 2 is 1.37 bits per heavy atom. The van der Waals surface area contributed by atoms with Crippen LogP contribution in [0.15, 0.2) is 58.4 Å². The number of aliphatic hydroxyl groups excluding tert-OH is 5. The van der Waals surface area contributed by atoms with E-state index in [9.17, 15) is 35.1 Å². The van der Waals surface area contributed by atoms with Crippen LogP contribution in [0, 0.1) is 46.8 Å². The molecule has 0 aromatic heterocycles. The number of Topliss-reactive ketones (excluding diaryl/α,β-unsaturated/α-hetero) is 1. The molecule has 1 saturated carbocycles. The van der Waals surface area contributed by atoms with Gasteiger partial charge in [-0.25, -0.2) is 9.59 Å². The van der Waals surface area contributed by atoms with Crippen LogP contribution in [-0.2, 0) is 61.7 Å². The highest BCUT2D eigenvalue weighted by Crippen LogP contribution is 2.61. The fourth-order valence-electron chi connectivity index (χ4n) is 15.7. The second kappa shape index (κ2) is 24.6. The molecule has 21 nitrogen and oxygen atoms in total. The van der Waals surface area contributed by atoms with Gasteiger partial charge in [0.1, 0.15) is 29.6 Å². The number of nitrogens with one attached hydrogen (secondary N) is 1. The van der Waals surface area contributed by atoms with E-state index in [1.807, 2.05) is 47.6 Å². The number of rotatable bonds is 11. The van der Waals surface area contributed by atoms with E-state index < -0.39 is 157 Å². The molecule has 5 aliphatic heterocycles. The Hall–Kier alpha value is -3.65. The first-order valence-corrected chi connectivity index (χ1v) is 29.7. The Balaban J connectivity index is 1.00. The number of nitrogens with two attached hydrogens (primary N) is 1. The first-order valence-electron chi connectivity index (χ1n) is 29.7. The van der Waals surface area contributed by atoms with Crippen LogP contribution in [0.2, 0.25) is 0 Å². The lowest BCUT2D eigenvalue weighted by Crippen LogP contribution is -2.66. The molecule has 0 aromatic carbocycles. The van der Waals surface area contributed by atoms with Crippen LogP contribution in [0.1, 0.15) is 121 Å². The number of methoxy groups -OCH3 is 2. The van der Waals surface area contributed by atoms with Crippen molar-refractivity contribution < 1.29 is 92.0 Å². The first kappa shape index (κ1) is 62.9. The van der Waals surface area contributed by atoms with Gasteiger partial charge in [0.2, 0.25) is 5.78 Å². The normalized spacial score (nSPS) is 50.3. The van der Waals surface area contributed by atoms with Gasteiger partial charge >= 0.3 is 12.1 Å². The van der Waals surface area contributed by atoms with Crippen LogP contribution in [0.3, 0.4) is 0 Å². The summed E-state index contributed by atoms with van der Waals surface area (Å²) in [5.41, 5.74) is 4.75. The molecule has 0 unspecified atom stereocenters. The highest BCUT2D eigenvalue weighted by Gasteiger charge is 2.64. The van der Waals surface area contributed by atoms with Crippen molar-refractivity contribution in [3.05, 3.63) is 58.4 Å². The minimum absolute atomic E-state index is 0.0320. The monoisotopic (exact) mass is 1160 g/mol. The number of amides is 1. The van der Waals surface area contributed by atoms with Crippen LogP contribution in [-0.4, -0.2) is 180 Å². The van der Waals surface area contributed by atoms with E-state index >= 15 is 4.79 Å². The van der Waals surface area contributed by atoms with Crippen molar-refractivity contribution >= 4 is 17.8 Å². The van der Waals surface area contributed by atoms with Crippen LogP contribution in [0.4, 0.5) is 4.79 Å². The summed E-state index contributed by atoms with van der Waals surface area (Å²) in [6.45, 7) is 20.6. The predicted octanol–water partition coefficient (Wildman–Crippen LogP) is 5.25. The van der Waals surface area contributed by atoms with E-state index in [1.165, 1.54) is 14.2 Å². The van der Waals surface area contributed by atoms with Crippen molar-refractivity contribution in [1.82, 2.24) is 5.32 Å². The number of allylic oxidation sites excluding steroid dienone is 3. The van der Waals surface area contributed by atoms with Gasteiger partial charge in [-0.05, 0) is 96.1 Å². The molecule has 0 radical (unpaired) electrons. The molecule has 5 heterocycles. The highest BCUT2D eigenvalue weighted by atomic mass is 16.7. The maximum atomic E-state index is 15.6. The zero-order valence-electron chi connectivity index (χ0n) is 49.9. The summed E-state index contributed by atoms with van der Waals surface area (Å²) in [5.74, 6) is -4.54. The third kappa shape index (κ3) is 11.8. The Bertz CT molecular complexity index is 2490. The lowest BCUT2D eigenvalue weighted by molar-refractivity contribution is -0.335. The summed E-state index contributed by atoms with van der Waals surface area (Å²) in [6, 6.07) is -0.595. The molecule has 27 atom stereocenters. The molecule has 8 N–H and O–H groups in total. The Labute approximate surface area is 482 Å². The summed E-state index contributed by atoms with van der Waals surface area (Å²) < 4.78 is 68.4. The van der Waals surface area contributed by atoms with E-state index in [0.29, 0.717) is 24.0 Å². The van der Waals surface area contributed by atoms with Gasteiger partial charge in [-0.1, -0.05) is 63.6 Å². The number of hydrogen-bond donors (Lipinski definition) is 7. The Kier molecular flexibility index (Phi) is 18.9. The molecule has 82 heavy (non-hydrogen) atoms. The van der Waals surface area contributed by atoms with Crippen molar-refractivity contribution in [3.63, 3.8) is 0 Å². The third-order valence-corrected chi connectivity index (χ3v) is 19.9. The number of carbonyl (C=O) groups excluding carboxylic acids is 3. The van der Waals surface area contributed by atoms with Gasteiger partial charge in [0.15, 0.2) is 30.8 Å². The van der Waals surface area contributed by atoms with Crippen LogP contribution >= 0.6 is 0 Å². The number of ketones is 1. The number of esters is 1. The summed E-state index contributed by atoms with van der Waals surface area (Å²) in [7, 11) is 2.79. The Morgan fingerprint density at radius 1 is 0.744 bits per heavy atom. The third-order valence-electron chi connectivity index (χ3n) is 19.9. The maximum absolute atomic E-state index is 15.6. The van der Waals surface area contributed by atoms with Crippen molar-refractivity contribution in [2.75, 3.05) is 20.8 Å². The molecule has 5 saturated heterocycles. The zero-order chi connectivity index (χ0) is 59.7. The lowest BCUT2D eigenvalue weighted by atomic mass is 9.49. The minimum atomic E-state index is -1.75. The highest BCUT2D eigenvalue weighted by molar-refractivity contribution is 6.26. The van der Waals surface area contributed by atoms with Crippen molar-refractivity contribution in [2.45, 2.75) is 237 Å². The number of carbonyl (C=O) groups is 3. The van der Waals surface area contributed by atoms with Gasteiger partial charge in [0.05, 0.1) is 74.7 Å². The van der Waals surface area contributed by atoms with E-state index in [2.05, 4.69) is 37.4 Å². The number of alkyl carbamates (subject to hydrolysis) is 1. The molecule has 1 amide bonds. The van der Waals surface area contributed by atoms with E-state index in [1.54, 1.807) is 26.8 Å². The molecule has 9 rings (SSSR count). The predicted molar refractivity (Wildman–Crippen MR) is 295 cm³/mol. The summed E-state index contributed by atoms with van der Waals surface area (Å²) in [5, 5.41) is 60.3. The molecule has 460 valence electrons. The fourth-order valence-corrected chi connectivity index (χ4v) is 15.7. The van der Waals surface area contributed by atoms with Gasteiger partial charge in [-0.15, -0.1) is 0 Å². The summed E-state index contributed by atoms with van der Waals surface area (Å²) in [6.07, 6.45) is -1.16. The summed E-state index contributed by atoms with van der Waals surface area (Å²) in [4.78, 5) is 42.6. The molecule has 21 heteroatoms. The van der Waals surface area contributed by atoms with Crippen molar-refractivity contribution in [2.24, 2.45) is 52.6 Å². The number of aliphatic hydroxyl groups is 5. The van der Waals surface area contributed by atoms with Crippen LogP contribution < -0.4 is 11.1 Å². The first-order chi connectivity index (χ1) is 38.6. The van der Waals surface area contributed by atoms with Crippen molar-refractivity contribution in [1.29, 1.82) is 0 Å². The second-order valence-corrected chi connectivity index (χ2v) is 25.8. The van der Waals surface area contributed by atoms with Crippen LogP contribution in [0.5, 0.6) is 0 Å². The molecule has 6 fully saturated rings. The van der Waals surface area contributed by atoms with E-state index in [0.717, 1.165) is 5.57 Å². The van der Waals surface area contributed by atoms with Gasteiger partial charge in [-0.2, -0.15) is 0 Å². The van der Waals surface area contributed by atoms with Gasteiger partial charge in [0, 0.05) is 67.9 Å². The molecule has 9 aliphatic rings. The minimum Gasteiger partial charge on any atom is -0.511 e. The average Bonchev–Trinajstić information content (AvgIpc) is 3.56. The Morgan fingerprint density at radius 3 is 2.00 bits per heavy atom. The zero-order valence-corrected chi connectivity index (χ0v) is 49.9. The quantitative estimate of drug-likeness (QED) is 0.0789. The van der Waals surface area contributed by atoms with Gasteiger partial charge in [0.25, 0.3) is 0 Å². The van der Waals surface area contributed by atoms with E-state index in [-0.39, 0.29) is 73.7 Å². The average molecular weight is 1160 g/mol. The maximum Gasteiger partial charge on any atom is 0.407 e. The second-order valence-electron chi connectivity index (χ2n) is 25.8. The smallest absolute Gasteiger partial charge is 0.407 e. The molecular formula is C61H92N2O19. The lowest BCUT2D eigenvalue weighted by Gasteiger charge is -2.56. The molecular weight excluding hydrogens is 1060 g/mol. The molecule has 4 aliphatic carbocycles. The standard InChI is InChI=1S/C61H92N2O19/c1-27-14-17-42(78-47-25-59(10,62)54(35(9)77-47)63-58(71)73-13)28(2)19-37-20-36(26-64)31(5)24-61(37)56(69)48(57(70)82-61)55(68)60(11)39(27)16-15-38-49(60)29(3)18-30(4)51(38)80-46-23-43(50(67)32(6)74-46)79-44-22-41(66)53(34(8)76-44)81-45-21-40(65)52(72-12)33(7)75-45/h14-16,19-20,29-35,37-47,49-54,64-68H,17-18,21-26,62H2,1-13H3,(H,63,71)/b27-14+,28-19+,55-48+/t29-,30-,31+,32-,33-,34-,35+,37+,38-,39-,40+,41+,42-,43+,44-,45+,46-,47-,49+,50-,51-,52-,53-,54-,59-,60+,61-/m0/s1. The number of hydrogen-bond acceptors (Lipinski definition) is 20. The number of fused-ring (bicyclic) bond motifs is 4. The SMILES string of the molecule is COC(=O)N[C@H]1[C@@H](C)O[C@@H](O[C@H]2C/C=C(\C)[C@@H]3C=C[C@@H]4[C@@H](O[C@H]5C[C@@H](O[C@H]6C[C@@H](O)[C@@H](O[C@@H]7C[C@@H](O)[C@@H](OC)[C@H](C)O7)[C@H](C)O6)[C@@H](O)[C@H](C)O5)[C@@H](C)C[C@H](C)[C@H]4[C@]3(C)/C(O)=C3\C(=O)O[C@]4(C[C@@H](C)C(CO)=C[C@H]4/C=C/2C)C3=O)C[C@]1(C)N. The molecule has 2 bridgehead atoms. The van der Waals surface area contributed by atoms with Crippen molar-refractivity contribution in [3.8, 4) is 0 Å². The van der Waals surface area contributed by atoms with Gasteiger partial charge < -0.3 is 88.7 Å². The van der Waals surface area contributed by atoms with E-state index in [4.69, 9.17) is 57.8 Å². The van der Waals surface area contributed by atoms with Crippen LogP contribution in [0.25, 0.3) is 0 Å². The summed E-state index contributed by atoms with van der Waals surface area (Å²) >= 11 is 0. The molecule has 1 spiro atoms. The largest absolute Gasteiger partial charge is 0.511 e. The number of ether oxygens (including phenoxy) is 11. The molecule has 0 aromatic rings. The van der Waals surface area contributed by atoms with Gasteiger partial charge in [-0.3, -0.25) is 4.79 Å². The fraction of sp³-hybridized carbons (Fsp3) is 0.787. The topological polar surface area (TPSA) is 292 Å².